The van der Waals surface area contributed by atoms with Crippen LogP contribution in [0.3, 0.4) is 0 Å². The minimum absolute atomic E-state index is 0.131. The molecule has 1 aliphatic heterocycles. The van der Waals surface area contributed by atoms with Crippen molar-refractivity contribution < 1.29 is 33.6 Å². The number of aliphatic hydroxyl groups is 1. The fourth-order valence-electron chi connectivity index (χ4n) is 4.25. The van der Waals surface area contributed by atoms with Gasteiger partial charge in [-0.1, -0.05) is 48.5 Å². The van der Waals surface area contributed by atoms with Gasteiger partial charge in [0.05, 0.1) is 31.5 Å². The Morgan fingerprint density at radius 3 is 2.62 bits per heavy atom. The number of amides is 2. The second-order valence-corrected chi connectivity index (χ2v) is 9.26. The normalized spacial score (nSPS) is 15.4. The van der Waals surface area contributed by atoms with E-state index >= 15 is 0 Å². The van der Waals surface area contributed by atoms with E-state index in [1.165, 1.54) is 7.11 Å². The van der Waals surface area contributed by atoms with Gasteiger partial charge in [0, 0.05) is 5.70 Å². The number of benzene rings is 3. The summed E-state index contributed by atoms with van der Waals surface area (Å²) in [5.74, 6) is 0.887. The molecule has 42 heavy (non-hydrogen) atoms. The Morgan fingerprint density at radius 1 is 1.05 bits per heavy atom. The van der Waals surface area contributed by atoms with E-state index in [0.29, 0.717) is 41.7 Å². The van der Waals surface area contributed by atoms with Gasteiger partial charge in [0.1, 0.15) is 19.0 Å². The zero-order chi connectivity index (χ0) is 29.9. The van der Waals surface area contributed by atoms with Crippen molar-refractivity contribution in [2.75, 3.05) is 20.3 Å². The predicted molar refractivity (Wildman–Crippen MR) is 156 cm³/mol. The average molecular weight is 575 g/mol. The molecule has 11 nitrogen and oxygen atoms in total. The van der Waals surface area contributed by atoms with Gasteiger partial charge in [-0.25, -0.2) is 9.59 Å². The largest absolute Gasteiger partial charge is 0.490 e. The molecule has 2 atom stereocenters. The van der Waals surface area contributed by atoms with Crippen LogP contribution < -0.4 is 30.3 Å². The van der Waals surface area contributed by atoms with Crippen LogP contribution in [0, 0.1) is 0 Å². The number of hydrazone groups is 1. The lowest BCUT2D eigenvalue weighted by Crippen LogP contribution is -2.45. The Kier molecular flexibility index (Phi) is 10.4. The molecule has 1 heterocycles. The summed E-state index contributed by atoms with van der Waals surface area (Å²) >= 11 is 0. The van der Waals surface area contributed by atoms with Crippen molar-refractivity contribution in [2.24, 2.45) is 5.10 Å². The Labute approximate surface area is 244 Å². The van der Waals surface area contributed by atoms with Crippen molar-refractivity contribution in [1.82, 2.24) is 16.1 Å². The lowest BCUT2D eigenvalue weighted by Gasteiger charge is -2.28. The summed E-state index contributed by atoms with van der Waals surface area (Å²) in [6.07, 6.45) is 0.453. The van der Waals surface area contributed by atoms with Crippen LogP contribution in [0.15, 0.2) is 89.2 Å². The number of allylic oxidation sites excluding steroid dienone is 1. The molecule has 11 heteroatoms. The van der Waals surface area contributed by atoms with Crippen molar-refractivity contribution in [2.45, 2.75) is 32.7 Å². The first-order chi connectivity index (χ1) is 20.4. The van der Waals surface area contributed by atoms with E-state index in [1.54, 1.807) is 31.3 Å². The van der Waals surface area contributed by atoms with Crippen molar-refractivity contribution in [1.29, 1.82) is 0 Å². The molecule has 4 rings (SSSR count). The number of carbonyl (C=O) groups excluding carboxylic acids is 2. The second-order valence-electron chi connectivity index (χ2n) is 9.26. The number of carbonyl (C=O) groups is 2. The third-order valence-corrected chi connectivity index (χ3v) is 6.22. The van der Waals surface area contributed by atoms with E-state index in [-0.39, 0.29) is 12.2 Å². The molecule has 0 aromatic heterocycles. The first kappa shape index (κ1) is 29.9. The van der Waals surface area contributed by atoms with E-state index in [1.807, 2.05) is 61.5 Å². The SMILES string of the molecule is CCOc1cc([C@H]2NC(=O)NC(C)=C2C(=O)OC)ccc1OC[C@@H](O)N/N=C/c1cccc(OCc2ccccc2)c1. The summed E-state index contributed by atoms with van der Waals surface area (Å²) in [5.41, 5.74) is 5.76. The lowest BCUT2D eigenvalue weighted by molar-refractivity contribution is -0.136. The van der Waals surface area contributed by atoms with Gasteiger partial charge < -0.3 is 34.7 Å². The molecule has 0 radical (unpaired) electrons. The molecule has 220 valence electrons. The number of hydrogen-bond donors (Lipinski definition) is 4. The molecule has 4 N–H and O–H groups in total. The maximum absolute atomic E-state index is 12.4. The Hall–Kier alpha value is -5.03. The Morgan fingerprint density at radius 2 is 1.86 bits per heavy atom. The fraction of sp³-hybridized carbons (Fsp3) is 0.258. The van der Waals surface area contributed by atoms with Gasteiger partial charge in [-0.2, -0.15) is 5.10 Å². The molecule has 0 bridgehead atoms. The maximum Gasteiger partial charge on any atom is 0.337 e. The number of hydrogen-bond acceptors (Lipinski definition) is 9. The van der Waals surface area contributed by atoms with Crippen LogP contribution >= 0.6 is 0 Å². The lowest BCUT2D eigenvalue weighted by atomic mass is 9.95. The van der Waals surface area contributed by atoms with Gasteiger partial charge in [-0.15, -0.1) is 0 Å². The predicted octanol–water partition coefficient (Wildman–Crippen LogP) is 3.79. The van der Waals surface area contributed by atoms with Gasteiger partial charge in [0.25, 0.3) is 0 Å². The highest BCUT2D eigenvalue weighted by molar-refractivity contribution is 5.95. The van der Waals surface area contributed by atoms with Crippen molar-refractivity contribution >= 4 is 18.2 Å². The monoisotopic (exact) mass is 574 g/mol. The summed E-state index contributed by atoms with van der Waals surface area (Å²) in [7, 11) is 1.28. The highest BCUT2D eigenvalue weighted by atomic mass is 16.5. The minimum Gasteiger partial charge on any atom is -0.490 e. The van der Waals surface area contributed by atoms with Gasteiger partial charge in [-0.3, -0.25) is 5.43 Å². The Balaban J connectivity index is 1.36. The van der Waals surface area contributed by atoms with Gasteiger partial charge >= 0.3 is 12.0 Å². The molecular weight excluding hydrogens is 540 g/mol. The maximum atomic E-state index is 12.4. The van der Waals surface area contributed by atoms with E-state index in [0.717, 1.165) is 11.1 Å². The van der Waals surface area contributed by atoms with Crippen LogP contribution in [-0.2, 0) is 16.1 Å². The van der Waals surface area contributed by atoms with Crippen LogP contribution in [0.2, 0.25) is 0 Å². The van der Waals surface area contributed by atoms with Crippen molar-refractivity contribution in [3.63, 3.8) is 0 Å². The molecule has 0 saturated carbocycles. The van der Waals surface area contributed by atoms with E-state index in [4.69, 9.17) is 18.9 Å². The third-order valence-electron chi connectivity index (χ3n) is 6.22. The molecule has 0 spiro atoms. The number of ether oxygens (including phenoxy) is 4. The highest BCUT2D eigenvalue weighted by Crippen LogP contribution is 2.35. The van der Waals surface area contributed by atoms with Crippen LogP contribution in [0.5, 0.6) is 17.2 Å². The molecule has 0 unspecified atom stereocenters. The minimum atomic E-state index is -1.12. The fourth-order valence-corrected chi connectivity index (χ4v) is 4.25. The Bertz CT molecular complexity index is 1440. The number of rotatable bonds is 13. The number of nitrogens with zero attached hydrogens (tertiary/aromatic N) is 1. The molecule has 2 amide bonds. The summed E-state index contributed by atoms with van der Waals surface area (Å²) < 4.78 is 22.3. The molecule has 0 fully saturated rings. The van der Waals surface area contributed by atoms with Crippen molar-refractivity contribution in [3.05, 3.63) is 101 Å². The topological polar surface area (TPSA) is 140 Å². The smallest absolute Gasteiger partial charge is 0.337 e. The van der Waals surface area contributed by atoms with Gasteiger partial charge in [0.15, 0.2) is 17.7 Å². The molecular formula is C31H34N4O7. The van der Waals surface area contributed by atoms with E-state index < -0.39 is 24.3 Å². The second kappa shape index (κ2) is 14.6. The summed E-state index contributed by atoms with van der Waals surface area (Å²) in [4.78, 5) is 24.5. The van der Waals surface area contributed by atoms with Crippen LogP contribution in [0.25, 0.3) is 0 Å². The summed E-state index contributed by atoms with van der Waals surface area (Å²) in [5, 5.41) is 19.8. The molecule has 0 aliphatic carbocycles. The molecule has 0 saturated heterocycles. The quantitative estimate of drug-likeness (QED) is 0.105. The zero-order valence-electron chi connectivity index (χ0n) is 23.6. The van der Waals surface area contributed by atoms with Crippen LogP contribution in [-0.4, -0.2) is 49.9 Å². The van der Waals surface area contributed by atoms with Crippen LogP contribution in [0.4, 0.5) is 4.79 Å². The van der Waals surface area contributed by atoms with Crippen LogP contribution in [0.1, 0.15) is 36.6 Å². The molecule has 1 aliphatic rings. The number of methoxy groups -OCH3 is 1. The number of aliphatic hydroxyl groups excluding tert-OH is 1. The third kappa shape index (κ3) is 8.01. The van der Waals surface area contributed by atoms with Crippen molar-refractivity contribution in [3.8, 4) is 17.2 Å². The zero-order valence-corrected chi connectivity index (χ0v) is 23.6. The summed E-state index contributed by atoms with van der Waals surface area (Å²) in [6, 6.07) is 21.2. The average Bonchev–Trinajstić information content (AvgIpc) is 2.99. The molecule has 3 aromatic rings. The van der Waals surface area contributed by atoms with E-state index in [9.17, 15) is 14.7 Å². The first-order valence-corrected chi connectivity index (χ1v) is 13.4. The van der Waals surface area contributed by atoms with Gasteiger partial charge in [0.2, 0.25) is 0 Å². The highest BCUT2D eigenvalue weighted by Gasteiger charge is 2.32. The molecule has 3 aromatic carbocycles. The summed E-state index contributed by atoms with van der Waals surface area (Å²) in [6.45, 7) is 4.12. The van der Waals surface area contributed by atoms with Gasteiger partial charge in [-0.05, 0) is 54.8 Å². The number of urea groups is 1. The first-order valence-electron chi connectivity index (χ1n) is 13.4. The number of nitrogens with one attached hydrogen (secondary N) is 3. The standard InChI is InChI=1S/C31H34N4O7/c1-4-40-26-16-23(29-28(30(37)39-3)20(2)33-31(38)34-29)13-14-25(26)42-19-27(36)35-32-17-22-11-8-12-24(15-22)41-18-21-9-6-5-7-10-21/h5-17,27,29,35-36H,4,18-19H2,1-3H3,(H2,33,34,38)/b32-17+/t27-,29-/m1/s1. The van der Waals surface area contributed by atoms with E-state index in [2.05, 4.69) is 21.2 Å². The number of esters is 1.